The lowest BCUT2D eigenvalue weighted by atomic mass is 9.78. The number of benzene rings is 1. The summed E-state index contributed by atoms with van der Waals surface area (Å²) in [6, 6.07) is 1.63. The number of carbonyl (C=O) groups is 2. The van der Waals surface area contributed by atoms with Gasteiger partial charge in [0.15, 0.2) is 11.5 Å². The fraction of sp³-hybridized carbons (Fsp3) is 0.621. The number of carbonyl (C=O) groups excluding carboxylic acids is 2. The predicted molar refractivity (Wildman–Crippen MR) is 154 cm³/mol. The SMILES string of the molecule is CSC1=CC(C)=NC(=O)C1CNC(=O)c1cc(Cl)c2c(c1C)OC(C)(C1CCC(CN3CCOCC3)CC1)O2. The highest BCUT2D eigenvalue weighted by Crippen LogP contribution is 2.52. The van der Waals surface area contributed by atoms with Crippen molar-refractivity contribution in [1.82, 2.24) is 10.2 Å². The summed E-state index contributed by atoms with van der Waals surface area (Å²) in [5.41, 5.74) is 1.78. The minimum absolute atomic E-state index is 0.165. The van der Waals surface area contributed by atoms with Gasteiger partial charge in [-0.25, -0.2) is 4.99 Å². The Kier molecular flexibility index (Phi) is 8.62. The highest BCUT2D eigenvalue weighted by atomic mass is 35.5. The van der Waals surface area contributed by atoms with Crippen LogP contribution in [0.3, 0.4) is 0 Å². The third-order valence-corrected chi connectivity index (χ3v) is 9.64. The van der Waals surface area contributed by atoms with Crippen molar-refractivity contribution in [3.63, 3.8) is 0 Å². The number of hydrogen-bond donors (Lipinski definition) is 1. The minimum Gasteiger partial charge on any atom is -0.448 e. The maximum Gasteiger partial charge on any atom is 0.255 e. The fourth-order valence-corrected chi connectivity index (χ4v) is 7.15. The first-order valence-electron chi connectivity index (χ1n) is 13.8. The molecule has 2 amide bonds. The monoisotopic (exact) mass is 575 g/mol. The van der Waals surface area contributed by atoms with Crippen molar-refractivity contribution >= 4 is 40.9 Å². The van der Waals surface area contributed by atoms with Crippen molar-refractivity contribution in [2.75, 3.05) is 45.6 Å². The van der Waals surface area contributed by atoms with Gasteiger partial charge in [0, 0.05) is 60.8 Å². The number of dihydropyridines is 1. The van der Waals surface area contributed by atoms with E-state index in [9.17, 15) is 9.59 Å². The number of nitrogens with zero attached hydrogens (tertiary/aromatic N) is 2. The van der Waals surface area contributed by atoms with E-state index in [1.54, 1.807) is 13.0 Å². The Hall–Kier alpha value is -2.07. The molecule has 3 aliphatic heterocycles. The zero-order valence-corrected chi connectivity index (χ0v) is 24.8. The van der Waals surface area contributed by atoms with Crippen LogP contribution in [0.2, 0.25) is 5.02 Å². The average molecular weight is 576 g/mol. The van der Waals surface area contributed by atoms with Crippen LogP contribution < -0.4 is 14.8 Å². The summed E-state index contributed by atoms with van der Waals surface area (Å²) in [7, 11) is 0. The molecule has 3 heterocycles. The van der Waals surface area contributed by atoms with Gasteiger partial charge in [0.2, 0.25) is 0 Å². The van der Waals surface area contributed by atoms with Gasteiger partial charge < -0.3 is 19.5 Å². The molecule has 5 rings (SSSR count). The third kappa shape index (κ3) is 6.01. The molecule has 0 bridgehead atoms. The molecule has 1 aliphatic carbocycles. The lowest BCUT2D eigenvalue weighted by Gasteiger charge is -2.39. The molecule has 2 atom stereocenters. The van der Waals surface area contributed by atoms with Crippen LogP contribution in [0.25, 0.3) is 0 Å². The van der Waals surface area contributed by atoms with Crippen molar-refractivity contribution in [3.8, 4) is 11.5 Å². The van der Waals surface area contributed by atoms with E-state index in [-0.39, 0.29) is 24.3 Å². The van der Waals surface area contributed by atoms with E-state index in [1.807, 2.05) is 26.2 Å². The van der Waals surface area contributed by atoms with Gasteiger partial charge in [-0.15, -0.1) is 11.8 Å². The lowest BCUT2D eigenvalue weighted by molar-refractivity contribution is -0.123. The number of ether oxygens (including phenoxy) is 3. The van der Waals surface area contributed by atoms with E-state index in [2.05, 4.69) is 15.2 Å². The Balaban J connectivity index is 1.23. The molecule has 212 valence electrons. The van der Waals surface area contributed by atoms with Crippen LogP contribution in [0.4, 0.5) is 0 Å². The smallest absolute Gasteiger partial charge is 0.255 e. The number of morpholine rings is 1. The largest absolute Gasteiger partial charge is 0.448 e. The van der Waals surface area contributed by atoms with Gasteiger partial charge >= 0.3 is 0 Å². The molecule has 8 nitrogen and oxygen atoms in total. The highest BCUT2D eigenvalue weighted by molar-refractivity contribution is 8.02. The summed E-state index contributed by atoms with van der Waals surface area (Å²) in [5, 5.41) is 3.26. The van der Waals surface area contributed by atoms with Crippen LogP contribution in [0.15, 0.2) is 22.0 Å². The van der Waals surface area contributed by atoms with Crippen molar-refractivity contribution in [2.45, 2.75) is 52.2 Å². The van der Waals surface area contributed by atoms with Gasteiger partial charge in [-0.3, -0.25) is 14.5 Å². The zero-order valence-electron chi connectivity index (χ0n) is 23.2. The number of amides is 2. The van der Waals surface area contributed by atoms with Gasteiger partial charge in [-0.1, -0.05) is 11.6 Å². The van der Waals surface area contributed by atoms with Crippen LogP contribution in [-0.2, 0) is 9.53 Å². The standard InChI is InChI=1S/C29H38ClN3O5S/c1-17-13-24(39-4)22(28(35)32-17)15-31-27(34)21-14-23(30)26-25(18(21)2)37-29(3,38-26)20-7-5-19(6-8-20)16-33-9-11-36-12-10-33/h13-14,19-20,22H,5-12,15-16H2,1-4H3,(H,31,34). The number of fused-ring (bicyclic) bond motifs is 1. The zero-order chi connectivity index (χ0) is 27.7. The van der Waals surface area contributed by atoms with Gasteiger partial charge in [0.05, 0.1) is 24.2 Å². The molecule has 1 aromatic rings. The van der Waals surface area contributed by atoms with E-state index in [0.29, 0.717) is 39.3 Å². The number of nitrogens with one attached hydrogen (secondary N) is 1. The van der Waals surface area contributed by atoms with E-state index in [1.165, 1.54) is 11.8 Å². The number of aliphatic imine (C=N–C) groups is 1. The van der Waals surface area contributed by atoms with Crippen molar-refractivity contribution < 1.29 is 23.8 Å². The summed E-state index contributed by atoms with van der Waals surface area (Å²) in [4.78, 5) is 33.2. The molecule has 2 fully saturated rings. The summed E-state index contributed by atoms with van der Waals surface area (Å²) in [5.74, 6) is 0.0918. The van der Waals surface area contributed by atoms with Crippen LogP contribution >= 0.6 is 23.4 Å². The molecule has 1 N–H and O–H groups in total. The number of allylic oxidation sites excluding steroid dienone is 1. The number of thioether (sulfide) groups is 1. The van der Waals surface area contributed by atoms with Gasteiger partial charge in [0.25, 0.3) is 17.6 Å². The number of rotatable bonds is 7. The number of halogens is 1. The number of hydrogen-bond acceptors (Lipinski definition) is 7. The van der Waals surface area contributed by atoms with Gasteiger partial charge in [-0.2, -0.15) is 0 Å². The summed E-state index contributed by atoms with van der Waals surface area (Å²) < 4.78 is 18.4. The minimum atomic E-state index is -0.821. The van der Waals surface area contributed by atoms with Crippen LogP contribution in [0.1, 0.15) is 55.5 Å². The molecule has 0 aromatic heterocycles. The fourth-order valence-electron chi connectivity index (χ4n) is 6.16. The first-order chi connectivity index (χ1) is 18.7. The molecule has 0 spiro atoms. The normalized spacial score (nSPS) is 29.2. The Morgan fingerprint density at radius 3 is 2.56 bits per heavy atom. The van der Waals surface area contributed by atoms with Crippen LogP contribution in [0.5, 0.6) is 11.5 Å². The molecule has 1 saturated carbocycles. The Morgan fingerprint density at radius 1 is 1.18 bits per heavy atom. The van der Waals surface area contributed by atoms with Crippen LogP contribution in [-0.4, -0.2) is 73.9 Å². The van der Waals surface area contributed by atoms with Crippen LogP contribution in [0, 0.1) is 24.7 Å². The van der Waals surface area contributed by atoms with Gasteiger partial charge in [-0.05, 0) is 63.8 Å². The maximum absolute atomic E-state index is 13.2. The van der Waals surface area contributed by atoms with E-state index in [4.69, 9.17) is 25.8 Å². The predicted octanol–water partition coefficient (Wildman–Crippen LogP) is 4.87. The van der Waals surface area contributed by atoms with Crippen molar-refractivity contribution in [3.05, 3.63) is 33.2 Å². The lowest BCUT2D eigenvalue weighted by Crippen LogP contribution is -2.46. The molecule has 10 heteroatoms. The average Bonchev–Trinajstić information content (AvgIpc) is 3.30. The highest BCUT2D eigenvalue weighted by Gasteiger charge is 2.47. The Bertz CT molecular complexity index is 1190. The van der Waals surface area contributed by atoms with Crippen molar-refractivity contribution in [2.24, 2.45) is 22.7 Å². The first kappa shape index (κ1) is 28.5. The second-order valence-electron chi connectivity index (χ2n) is 11.1. The van der Waals surface area contributed by atoms with E-state index < -0.39 is 11.7 Å². The molecule has 0 radical (unpaired) electrons. The molecular formula is C29H38ClN3O5S. The summed E-state index contributed by atoms with van der Waals surface area (Å²) >= 11 is 8.13. The van der Waals surface area contributed by atoms with E-state index >= 15 is 0 Å². The Labute approximate surface area is 239 Å². The van der Waals surface area contributed by atoms with E-state index in [0.717, 1.165) is 63.4 Å². The third-order valence-electron chi connectivity index (χ3n) is 8.48. The second-order valence-corrected chi connectivity index (χ2v) is 12.4. The first-order valence-corrected chi connectivity index (χ1v) is 15.4. The molecule has 1 aromatic carbocycles. The molecule has 39 heavy (non-hydrogen) atoms. The summed E-state index contributed by atoms with van der Waals surface area (Å²) in [6.45, 7) is 10.6. The quantitative estimate of drug-likeness (QED) is 0.496. The summed E-state index contributed by atoms with van der Waals surface area (Å²) in [6.07, 6.45) is 8.12. The Morgan fingerprint density at radius 2 is 1.87 bits per heavy atom. The topological polar surface area (TPSA) is 89.5 Å². The maximum atomic E-state index is 13.2. The second kappa shape index (κ2) is 11.8. The van der Waals surface area contributed by atoms with Gasteiger partial charge in [0.1, 0.15) is 0 Å². The molecule has 4 aliphatic rings. The molecule has 1 saturated heterocycles. The van der Waals surface area contributed by atoms with Crippen molar-refractivity contribution in [1.29, 1.82) is 0 Å². The molecule has 2 unspecified atom stereocenters. The molecular weight excluding hydrogens is 538 g/mol.